The standard InChI is InChI=1S/C7H9ClN2.2ClH/c8-7-3-1-6(2-4-7)5-10-9;;/h1-4,10H,5,9H2;2*1H. The number of hydrogen-bond donors (Lipinski definition) is 2. The summed E-state index contributed by atoms with van der Waals surface area (Å²) >= 11 is 5.66. The Bertz CT molecular complexity index is 200. The van der Waals surface area contributed by atoms with Crippen LogP contribution in [0.25, 0.3) is 0 Å². The second-order valence-corrected chi connectivity index (χ2v) is 2.44. The lowest BCUT2D eigenvalue weighted by Crippen LogP contribution is -2.20. The lowest BCUT2D eigenvalue weighted by Gasteiger charge is -1.97. The van der Waals surface area contributed by atoms with Gasteiger partial charge in [0, 0.05) is 11.6 Å². The third-order valence-corrected chi connectivity index (χ3v) is 1.47. The number of rotatable bonds is 2. The van der Waals surface area contributed by atoms with Crippen molar-refractivity contribution in [2.75, 3.05) is 0 Å². The van der Waals surface area contributed by atoms with Gasteiger partial charge in [0.15, 0.2) is 0 Å². The predicted octanol–water partition coefficient (Wildman–Crippen LogP) is 2.15. The Morgan fingerprint density at radius 2 is 1.67 bits per heavy atom. The number of benzene rings is 1. The average molecular weight is 230 g/mol. The minimum Gasteiger partial charge on any atom is -0.271 e. The van der Waals surface area contributed by atoms with Crippen LogP contribution in [0.15, 0.2) is 24.3 Å². The molecular formula is C7H11Cl3N2. The summed E-state index contributed by atoms with van der Waals surface area (Å²) in [6.07, 6.45) is 0. The molecule has 1 rings (SSSR count). The van der Waals surface area contributed by atoms with Crippen LogP contribution in [0, 0.1) is 0 Å². The maximum atomic E-state index is 5.66. The Labute approximate surface area is 89.3 Å². The number of hydrogen-bond acceptors (Lipinski definition) is 2. The molecule has 0 amide bonds. The molecular weight excluding hydrogens is 218 g/mol. The minimum absolute atomic E-state index is 0. The fourth-order valence-corrected chi connectivity index (χ4v) is 0.846. The second kappa shape index (κ2) is 7.65. The highest BCUT2D eigenvalue weighted by Gasteiger charge is 1.88. The summed E-state index contributed by atoms with van der Waals surface area (Å²) in [5.74, 6) is 5.12. The first-order chi connectivity index (χ1) is 4.83. The Balaban J connectivity index is 0. The first kappa shape index (κ1) is 14.5. The maximum Gasteiger partial charge on any atom is 0.0406 e. The third-order valence-electron chi connectivity index (χ3n) is 1.22. The Morgan fingerprint density at radius 1 is 1.17 bits per heavy atom. The van der Waals surface area contributed by atoms with Gasteiger partial charge in [0.2, 0.25) is 0 Å². The van der Waals surface area contributed by atoms with Crippen molar-refractivity contribution < 1.29 is 0 Å². The van der Waals surface area contributed by atoms with E-state index in [0.717, 1.165) is 10.6 Å². The van der Waals surface area contributed by atoms with E-state index in [4.69, 9.17) is 17.4 Å². The molecule has 3 N–H and O–H groups in total. The van der Waals surface area contributed by atoms with Gasteiger partial charge in [0.25, 0.3) is 0 Å². The van der Waals surface area contributed by atoms with Gasteiger partial charge in [-0.05, 0) is 17.7 Å². The largest absolute Gasteiger partial charge is 0.271 e. The fourth-order valence-electron chi connectivity index (χ4n) is 0.720. The van der Waals surface area contributed by atoms with Crippen molar-refractivity contribution in [3.63, 3.8) is 0 Å². The zero-order chi connectivity index (χ0) is 7.40. The molecule has 0 bridgehead atoms. The molecule has 0 unspecified atom stereocenters. The summed E-state index contributed by atoms with van der Waals surface area (Å²) in [6, 6.07) is 7.55. The molecule has 0 atom stereocenters. The van der Waals surface area contributed by atoms with Gasteiger partial charge in [0.05, 0.1) is 0 Å². The second-order valence-electron chi connectivity index (χ2n) is 2.01. The molecule has 0 saturated carbocycles. The molecule has 0 spiro atoms. The maximum absolute atomic E-state index is 5.66. The highest BCUT2D eigenvalue weighted by atomic mass is 35.5. The number of nitrogens with one attached hydrogen (secondary N) is 1. The SMILES string of the molecule is Cl.Cl.NNCc1ccc(Cl)cc1. The van der Waals surface area contributed by atoms with Crippen molar-refractivity contribution in [1.82, 2.24) is 5.43 Å². The van der Waals surface area contributed by atoms with Crippen LogP contribution >= 0.6 is 36.4 Å². The lowest BCUT2D eigenvalue weighted by atomic mass is 10.2. The molecule has 5 heteroatoms. The molecule has 0 aliphatic carbocycles. The van der Waals surface area contributed by atoms with Crippen LogP contribution in [-0.4, -0.2) is 0 Å². The number of hydrazine groups is 1. The zero-order valence-electron chi connectivity index (χ0n) is 6.29. The van der Waals surface area contributed by atoms with E-state index in [0.29, 0.717) is 6.54 Å². The fraction of sp³-hybridized carbons (Fsp3) is 0.143. The minimum atomic E-state index is 0. The summed E-state index contributed by atoms with van der Waals surface area (Å²) in [5, 5.41) is 0.751. The van der Waals surface area contributed by atoms with Crippen molar-refractivity contribution in [3.05, 3.63) is 34.9 Å². The van der Waals surface area contributed by atoms with E-state index < -0.39 is 0 Å². The lowest BCUT2D eigenvalue weighted by molar-refractivity contribution is 0.741. The van der Waals surface area contributed by atoms with Gasteiger partial charge in [-0.25, -0.2) is 0 Å². The Hall–Kier alpha value is 0.01000. The first-order valence-electron chi connectivity index (χ1n) is 3.01. The average Bonchev–Trinajstić information content (AvgIpc) is 1.95. The molecule has 2 nitrogen and oxygen atoms in total. The van der Waals surface area contributed by atoms with Crippen LogP contribution in [0.2, 0.25) is 5.02 Å². The number of nitrogens with two attached hydrogens (primary N) is 1. The van der Waals surface area contributed by atoms with E-state index in [1.807, 2.05) is 24.3 Å². The van der Waals surface area contributed by atoms with Gasteiger partial charge >= 0.3 is 0 Å². The van der Waals surface area contributed by atoms with Crippen LogP contribution in [-0.2, 0) is 6.54 Å². The van der Waals surface area contributed by atoms with Crippen molar-refractivity contribution in [1.29, 1.82) is 0 Å². The molecule has 70 valence electrons. The molecule has 0 radical (unpaired) electrons. The third kappa shape index (κ3) is 4.80. The van der Waals surface area contributed by atoms with Crippen LogP contribution < -0.4 is 11.3 Å². The van der Waals surface area contributed by atoms with Gasteiger partial charge in [-0.3, -0.25) is 11.3 Å². The normalized spacial score (nSPS) is 8.17. The van der Waals surface area contributed by atoms with E-state index in [1.165, 1.54) is 0 Å². The molecule has 0 aromatic heterocycles. The Kier molecular flexibility index (Phi) is 9.26. The molecule has 0 heterocycles. The summed E-state index contributed by atoms with van der Waals surface area (Å²) in [7, 11) is 0. The van der Waals surface area contributed by atoms with Gasteiger partial charge < -0.3 is 0 Å². The van der Waals surface area contributed by atoms with E-state index in [2.05, 4.69) is 5.43 Å². The summed E-state index contributed by atoms with van der Waals surface area (Å²) < 4.78 is 0. The van der Waals surface area contributed by atoms with E-state index in [-0.39, 0.29) is 24.8 Å². The van der Waals surface area contributed by atoms with Crippen molar-refractivity contribution in [2.45, 2.75) is 6.54 Å². The highest BCUT2D eigenvalue weighted by Crippen LogP contribution is 2.08. The summed E-state index contributed by atoms with van der Waals surface area (Å²) in [4.78, 5) is 0. The van der Waals surface area contributed by atoms with Gasteiger partial charge in [-0.2, -0.15) is 0 Å². The predicted molar refractivity (Wildman–Crippen MR) is 57.0 cm³/mol. The van der Waals surface area contributed by atoms with Crippen LogP contribution in [0.1, 0.15) is 5.56 Å². The smallest absolute Gasteiger partial charge is 0.0406 e. The first-order valence-corrected chi connectivity index (χ1v) is 3.38. The molecule has 1 aromatic carbocycles. The summed E-state index contributed by atoms with van der Waals surface area (Å²) in [5.41, 5.74) is 3.69. The molecule has 12 heavy (non-hydrogen) atoms. The van der Waals surface area contributed by atoms with Crippen LogP contribution in [0.4, 0.5) is 0 Å². The highest BCUT2D eigenvalue weighted by molar-refractivity contribution is 6.30. The molecule has 1 aromatic rings. The van der Waals surface area contributed by atoms with Crippen LogP contribution in [0.3, 0.4) is 0 Å². The van der Waals surface area contributed by atoms with Crippen molar-refractivity contribution >= 4 is 36.4 Å². The quantitative estimate of drug-likeness (QED) is 0.602. The van der Waals surface area contributed by atoms with Crippen molar-refractivity contribution in [3.8, 4) is 0 Å². The Morgan fingerprint density at radius 3 is 2.08 bits per heavy atom. The van der Waals surface area contributed by atoms with Gasteiger partial charge in [0.1, 0.15) is 0 Å². The van der Waals surface area contributed by atoms with Crippen molar-refractivity contribution in [2.24, 2.45) is 5.84 Å². The van der Waals surface area contributed by atoms with E-state index in [9.17, 15) is 0 Å². The van der Waals surface area contributed by atoms with E-state index >= 15 is 0 Å². The summed E-state index contributed by atoms with van der Waals surface area (Å²) in [6.45, 7) is 0.678. The molecule has 0 aliphatic rings. The van der Waals surface area contributed by atoms with Gasteiger partial charge in [-0.1, -0.05) is 23.7 Å². The zero-order valence-corrected chi connectivity index (χ0v) is 8.68. The molecule has 0 saturated heterocycles. The molecule has 0 aliphatic heterocycles. The van der Waals surface area contributed by atoms with Crippen LogP contribution in [0.5, 0.6) is 0 Å². The van der Waals surface area contributed by atoms with Gasteiger partial charge in [-0.15, -0.1) is 24.8 Å². The topological polar surface area (TPSA) is 38.0 Å². The number of halogens is 3. The monoisotopic (exact) mass is 228 g/mol. The van der Waals surface area contributed by atoms with E-state index in [1.54, 1.807) is 0 Å². The molecule has 0 fully saturated rings.